The Kier molecular flexibility index (Phi) is 4.36. The Morgan fingerprint density at radius 3 is 2.61 bits per heavy atom. The van der Waals surface area contributed by atoms with Gasteiger partial charge in [0, 0.05) is 6.92 Å². The van der Waals surface area contributed by atoms with Gasteiger partial charge in [-0.15, -0.1) is 0 Å². The van der Waals surface area contributed by atoms with Gasteiger partial charge in [0.05, 0.1) is 17.1 Å². The molecule has 0 radical (unpaired) electrons. The van der Waals surface area contributed by atoms with Crippen LogP contribution in [0.2, 0.25) is 0 Å². The van der Waals surface area contributed by atoms with Crippen molar-refractivity contribution in [1.82, 2.24) is 0 Å². The number of nitrogens with zero attached hydrogens (tertiary/aromatic N) is 1. The van der Waals surface area contributed by atoms with Crippen molar-refractivity contribution < 1.29 is 24.0 Å². The van der Waals surface area contributed by atoms with Crippen LogP contribution in [0.1, 0.15) is 24.2 Å². The molecule has 0 aliphatic heterocycles. The summed E-state index contributed by atoms with van der Waals surface area (Å²) in [5.41, 5.74) is -0.648. The minimum Gasteiger partial charge on any atom is -0.485 e. The number of esters is 1. The van der Waals surface area contributed by atoms with E-state index in [4.69, 9.17) is 9.47 Å². The Hall–Kier alpha value is -2.44. The molecule has 0 N–H and O–H groups in total. The highest BCUT2D eigenvalue weighted by atomic mass is 16.6. The second-order valence-electron chi connectivity index (χ2n) is 3.23. The van der Waals surface area contributed by atoms with Gasteiger partial charge in [-0.25, -0.2) is 0 Å². The predicted molar refractivity (Wildman–Crippen MR) is 61.0 cm³/mol. The summed E-state index contributed by atoms with van der Waals surface area (Å²) in [5.74, 6) is -0.937. The predicted octanol–water partition coefficient (Wildman–Crippen LogP) is 1.73. The number of carbonyl (C=O) groups is 2. The third kappa shape index (κ3) is 2.82. The SMILES string of the molecule is CCOc1c(OC(C)=O)ccc(C=O)c1[N+](=O)[O-]. The van der Waals surface area contributed by atoms with Crippen LogP contribution in [-0.2, 0) is 4.79 Å². The van der Waals surface area contributed by atoms with Crippen LogP contribution >= 0.6 is 0 Å². The molecule has 0 aromatic heterocycles. The Bertz CT molecular complexity index is 497. The second kappa shape index (κ2) is 5.76. The first kappa shape index (κ1) is 13.6. The molecule has 7 nitrogen and oxygen atoms in total. The smallest absolute Gasteiger partial charge is 0.325 e. The molecule has 1 rings (SSSR count). The van der Waals surface area contributed by atoms with Crippen molar-refractivity contribution in [2.75, 3.05) is 6.61 Å². The van der Waals surface area contributed by atoms with E-state index >= 15 is 0 Å². The van der Waals surface area contributed by atoms with Gasteiger partial charge in [0.2, 0.25) is 5.75 Å². The van der Waals surface area contributed by atoms with Gasteiger partial charge in [-0.05, 0) is 19.1 Å². The van der Waals surface area contributed by atoms with Crippen molar-refractivity contribution in [3.8, 4) is 11.5 Å². The van der Waals surface area contributed by atoms with Crippen LogP contribution in [0.15, 0.2) is 12.1 Å². The highest BCUT2D eigenvalue weighted by Crippen LogP contribution is 2.39. The van der Waals surface area contributed by atoms with Crippen molar-refractivity contribution in [2.45, 2.75) is 13.8 Å². The fourth-order valence-corrected chi connectivity index (χ4v) is 1.37. The maximum atomic E-state index is 10.9. The van der Waals surface area contributed by atoms with Crippen molar-refractivity contribution in [3.05, 3.63) is 27.8 Å². The molecular formula is C11H11NO6. The summed E-state index contributed by atoms with van der Waals surface area (Å²) in [6.45, 7) is 2.92. The number of hydrogen-bond donors (Lipinski definition) is 0. The Balaban J connectivity index is 3.45. The van der Waals surface area contributed by atoms with Crippen LogP contribution < -0.4 is 9.47 Å². The standard InChI is InChI=1S/C11H11NO6/c1-3-17-11-9(18-7(2)14)5-4-8(6-13)10(11)12(15)16/h4-6H,3H2,1-2H3. The van der Waals surface area contributed by atoms with Crippen LogP contribution in [-0.4, -0.2) is 23.8 Å². The summed E-state index contributed by atoms with van der Waals surface area (Å²) in [4.78, 5) is 31.8. The summed E-state index contributed by atoms with van der Waals surface area (Å²) >= 11 is 0. The zero-order valence-corrected chi connectivity index (χ0v) is 9.84. The monoisotopic (exact) mass is 253 g/mol. The van der Waals surface area contributed by atoms with Gasteiger partial charge in [0.25, 0.3) is 0 Å². The molecule has 96 valence electrons. The van der Waals surface area contributed by atoms with Crippen molar-refractivity contribution in [3.63, 3.8) is 0 Å². The molecule has 1 aromatic carbocycles. The molecule has 0 bridgehead atoms. The first-order valence-electron chi connectivity index (χ1n) is 5.09. The Morgan fingerprint density at radius 1 is 1.50 bits per heavy atom. The molecule has 7 heteroatoms. The van der Waals surface area contributed by atoms with Gasteiger partial charge in [0.15, 0.2) is 12.0 Å². The van der Waals surface area contributed by atoms with Gasteiger partial charge in [-0.3, -0.25) is 19.7 Å². The third-order valence-electron chi connectivity index (χ3n) is 1.98. The lowest BCUT2D eigenvalue weighted by Crippen LogP contribution is -2.07. The molecule has 0 saturated heterocycles. The summed E-state index contributed by atoms with van der Waals surface area (Å²) in [7, 11) is 0. The molecule has 1 aromatic rings. The third-order valence-corrected chi connectivity index (χ3v) is 1.98. The average molecular weight is 253 g/mol. The number of rotatable bonds is 5. The lowest BCUT2D eigenvalue weighted by Gasteiger charge is -2.10. The number of ether oxygens (including phenoxy) is 2. The van der Waals surface area contributed by atoms with Crippen LogP contribution in [0.3, 0.4) is 0 Å². The molecule has 0 fully saturated rings. The van der Waals surface area contributed by atoms with Crippen LogP contribution in [0.25, 0.3) is 0 Å². The Labute approximate surface area is 102 Å². The summed E-state index contributed by atoms with van der Waals surface area (Å²) < 4.78 is 9.90. The first-order chi connectivity index (χ1) is 8.51. The molecule has 0 spiro atoms. The lowest BCUT2D eigenvalue weighted by atomic mass is 10.1. The normalized spacial score (nSPS) is 9.67. The molecule has 0 aliphatic rings. The molecule has 18 heavy (non-hydrogen) atoms. The zero-order chi connectivity index (χ0) is 13.7. The molecule has 0 saturated carbocycles. The minimum atomic E-state index is -0.748. The van der Waals surface area contributed by atoms with E-state index in [0.717, 1.165) is 6.92 Å². The molecule has 0 amide bonds. The van der Waals surface area contributed by atoms with Gasteiger partial charge in [0.1, 0.15) is 0 Å². The zero-order valence-electron chi connectivity index (χ0n) is 9.84. The highest BCUT2D eigenvalue weighted by molar-refractivity contribution is 5.85. The van der Waals surface area contributed by atoms with Crippen LogP contribution in [0.5, 0.6) is 11.5 Å². The first-order valence-corrected chi connectivity index (χ1v) is 5.09. The number of hydrogen-bond acceptors (Lipinski definition) is 6. The minimum absolute atomic E-state index is 0.0818. The van der Waals surface area contributed by atoms with E-state index in [9.17, 15) is 19.7 Å². The molecule has 0 aliphatic carbocycles. The number of aldehydes is 1. The van der Waals surface area contributed by atoms with Gasteiger partial charge >= 0.3 is 11.7 Å². The van der Waals surface area contributed by atoms with E-state index in [0.29, 0.717) is 6.29 Å². The van der Waals surface area contributed by atoms with Crippen molar-refractivity contribution in [1.29, 1.82) is 0 Å². The summed E-state index contributed by atoms with van der Waals surface area (Å²) in [6.07, 6.45) is 0.345. The van der Waals surface area contributed by atoms with E-state index in [1.807, 2.05) is 0 Å². The van der Waals surface area contributed by atoms with E-state index in [1.54, 1.807) is 6.92 Å². The highest BCUT2D eigenvalue weighted by Gasteiger charge is 2.26. The Morgan fingerprint density at radius 2 is 2.17 bits per heavy atom. The molecule has 0 heterocycles. The molecular weight excluding hydrogens is 242 g/mol. The van der Waals surface area contributed by atoms with E-state index in [2.05, 4.69) is 0 Å². The van der Waals surface area contributed by atoms with Crippen LogP contribution in [0, 0.1) is 10.1 Å². The van der Waals surface area contributed by atoms with E-state index in [-0.39, 0.29) is 23.7 Å². The number of nitro groups is 1. The molecule has 0 unspecified atom stereocenters. The van der Waals surface area contributed by atoms with Gasteiger partial charge < -0.3 is 9.47 Å². The van der Waals surface area contributed by atoms with Gasteiger partial charge in [-0.2, -0.15) is 0 Å². The largest absolute Gasteiger partial charge is 0.485 e. The van der Waals surface area contributed by atoms with E-state index < -0.39 is 16.6 Å². The topological polar surface area (TPSA) is 95.7 Å². The average Bonchev–Trinajstić information content (AvgIpc) is 2.30. The number of carbonyl (C=O) groups excluding carboxylic acids is 2. The maximum absolute atomic E-state index is 10.9. The molecule has 0 atom stereocenters. The lowest BCUT2D eigenvalue weighted by molar-refractivity contribution is -0.386. The fraction of sp³-hybridized carbons (Fsp3) is 0.273. The second-order valence-corrected chi connectivity index (χ2v) is 3.23. The van der Waals surface area contributed by atoms with Gasteiger partial charge in [-0.1, -0.05) is 0 Å². The maximum Gasteiger partial charge on any atom is 0.325 e. The van der Waals surface area contributed by atoms with Crippen molar-refractivity contribution >= 4 is 17.9 Å². The van der Waals surface area contributed by atoms with Crippen LogP contribution in [0.4, 0.5) is 5.69 Å². The number of nitro benzene ring substituents is 1. The summed E-state index contributed by atoms with van der Waals surface area (Å²) in [6, 6.07) is 2.48. The van der Waals surface area contributed by atoms with Crippen molar-refractivity contribution in [2.24, 2.45) is 0 Å². The summed E-state index contributed by atoms with van der Waals surface area (Å²) in [5, 5.41) is 10.9. The fourth-order valence-electron chi connectivity index (χ4n) is 1.37. The number of benzene rings is 1. The quantitative estimate of drug-likeness (QED) is 0.260. The van der Waals surface area contributed by atoms with E-state index in [1.165, 1.54) is 12.1 Å².